The number of aryl methyl sites for hydroxylation is 1. The number of methoxy groups -OCH3 is 2. The first kappa shape index (κ1) is 14.6. The second-order valence-corrected chi connectivity index (χ2v) is 4.82. The fourth-order valence-corrected chi connectivity index (χ4v) is 2.44. The minimum absolute atomic E-state index is 0.164. The van der Waals surface area contributed by atoms with Gasteiger partial charge in [0.15, 0.2) is 0 Å². The van der Waals surface area contributed by atoms with Crippen molar-refractivity contribution >= 4 is 0 Å². The van der Waals surface area contributed by atoms with Crippen molar-refractivity contribution in [3.8, 4) is 5.75 Å². The molecule has 0 amide bonds. The van der Waals surface area contributed by atoms with Crippen LogP contribution in [-0.2, 0) is 4.74 Å². The summed E-state index contributed by atoms with van der Waals surface area (Å²) in [7, 11) is 3.35. The molecule has 0 aromatic heterocycles. The van der Waals surface area contributed by atoms with Crippen LogP contribution in [0.5, 0.6) is 5.75 Å². The molecule has 3 heteroatoms. The van der Waals surface area contributed by atoms with Gasteiger partial charge < -0.3 is 15.2 Å². The van der Waals surface area contributed by atoms with E-state index in [0.717, 1.165) is 22.4 Å². The Bertz CT molecular complexity index is 554. The largest absolute Gasteiger partial charge is 0.497 e. The van der Waals surface area contributed by atoms with Crippen molar-refractivity contribution in [3.63, 3.8) is 0 Å². The quantitative estimate of drug-likeness (QED) is 0.906. The van der Waals surface area contributed by atoms with Crippen molar-refractivity contribution in [1.29, 1.82) is 0 Å². The van der Waals surface area contributed by atoms with Crippen molar-refractivity contribution in [2.24, 2.45) is 5.73 Å². The van der Waals surface area contributed by atoms with Gasteiger partial charge in [-0.25, -0.2) is 0 Å². The minimum atomic E-state index is -0.215. The Hall–Kier alpha value is -1.84. The lowest BCUT2D eigenvalue weighted by molar-refractivity contribution is 0.0800. The van der Waals surface area contributed by atoms with Crippen LogP contribution in [0.1, 0.15) is 28.8 Å². The molecule has 0 aliphatic carbocycles. The fourth-order valence-electron chi connectivity index (χ4n) is 2.44. The van der Waals surface area contributed by atoms with Gasteiger partial charge >= 0.3 is 0 Å². The summed E-state index contributed by atoms with van der Waals surface area (Å²) in [6.45, 7) is 2.04. The summed E-state index contributed by atoms with van der Waals surface area (Å²) < 4.78 is 10.8. The zero-order chi connectivity index (χ0) is 14.5. The molecule has 0 bridgehead atoms. The predicted molar refractivity (Wildman–Crippen MR) is 80.9 cm³/mol. The van der Waals surface area contributed by atoms with Crippen molar-refractivity contribution in [1.82, 2.24) is 0 Å². The Morgan fingerprint density at radius 1 is 1.00 bits per heavy atom. The zero-order valence-corrected chi connectivity index (χ0v) is 12.2. The van der Waals surface area contributed by atoms with Crippen LogP contribution < -0.4 is 10.5 Å². The van der Waals surface area contributed by atoms with Gasteiger partial charge in [0.2, 0.25) is 0 Å². The molecule has 0 spiro atoms. The molecular weight excluding hydrogens is 250 g/mol. The van der Waals surface area contributed by atoms with E-state index in [0.29, 0.717) is 0 Å². The summed E-state index contributed by atoms with van der Waals surface area (Å²) in [5, 5.41) is 0. The van der Waals surface area contributed by atoms with Gasteiger partial charge in [-0.05, 0) is 35.7 Å². The first-order valence-electron chi connectivity index (χ1n) is 6.65. The molecule has 2 unspecified atom stereocenters. The van der Waals surface area contributed by atoms with E-state index in [1.807, 2.05) is 55.5 Å². The lowest BCUT2D eigenvalue weighted by atomic mass is 9.93. The van der Waals surface area contributed by atoms with E-state index in [2.05, 4.69) is 0 Å². The molecule has 0 aliphatic rings. The second-order valence-electron chi connectivity index (χ2n) is 4.82. The van der Waals surface area contributed by atoms with E-state index in [4.69, 9.17) is 15.2 Å². The van der Waals surface area contributed by atoms with Gasteiger partial charge in [0.1, 0.15) is 11.9 Å². The maximum Gasteiger partial charge on any atom is 0.119 e. The summed E-state index contributed by atoms with van der Waals surface area (Å²) in [5.41, 5.74) is 9.67. The average molecular weight is 271 g/mol. The normalized spacial score (nSPS) is 13.8. The van der Waals surface area contributed by atoms with E-state index < -0.39 is 0 Å². The first-order valence-corrected chi connectivity index (χ1v) is 6.65. The summed E-state index contributed by atoms with van der Waals surface area (Å²) >= 11 is 0. The van der Waals surface area contributed by atoms with Gasteiger partial charge in [0.05, 0.1) is 13.2 Å². The Balaban J connectivity index is 2.31. The Labute approximate surface area is 120 Å². The number of hydrogen-bond donors (Lipinski definition) is 1. The van der Waals surface area contributed by atoms with Crippen LogP contribution in [0.15, 0.2) is 48.5 Å². The first-order chi connectivity index (χ1) is 9.67. The Morgan fingerprint density at radius 3 is 2.25 bits per heavy atom. The third-order valence-corrected chi connectivity index (χ3v) is 3.54. The Kier molecular flexibility index (Phi) is 4.77. The summed E-state index contributed by atoms with van der Waals surface area (Å²) in [4.78, 5) is 0. The number of ether oxygens (including phenoxy) is 2. The topological polar surface area (TPSA) is 44.5 Å². The van der Waals surface area contributed by atoms with Crippen LogP contribution in [0.25, 0.3) is 0 Å². The van der Waals surface area contributed by atoms with E-state index >= 15 is 0 Å². The molecule has 106 valence electrons. The van der Waals surface area contributed by atoms with Crippen LogP contribution in [0.2, 0.25) is 0 Å². The molecule has 0 heterocycles. The third-order valence-electron chi connectivity index (χ3n) is 3.54. The lowest BCUT2D eigenvalue weighted by Crippen LogP contribution is -2.22. The molecule has 2 aromatic rings. The fraction of sp³-hybridized carbons (Fsp3) is 0.294. The van der Waals surface area contributed by atoms with Crippen LogP contribution in [-0.4, -0.2) is 14.2 Å². The molecule has 0 saturated heterocycles. The monoisotopic (exact) mass is 271 g/mol. The van der Waals surface area contributed by atoms with Gasteiger partial charge in [-0.2, -0.15) is 0 Å². The molecule has 3 nitrogen and oxygen atoms in total. The minimum Gasteiger partial charge on any atom is -0.497 e. The molecule has 0 saturated carbocycles. The molecule has 2 N–H and O–H groups in total. The molecule has 2 atom stereocenters. The Morgan fingerprint density at radius 2 is 1.70 bits per heavy atom. The van der Waals surface area contributed by atoms with E-state index in [1.54, 1.807) is 14.2 Å². The van der Waals surface area contributed by atoms with Gasteiger partial charge in [0, 0.05) is 7.11 Å². The second kappa shape index (κ2) is 6.55. The van der Waals surface area contributed by atoms with Crippen LogP contribution in [0.4, 0.5) is 0 Å². The highest BCUT2D eigenvalue weighted by atomic mass is 16.5. The van der Waals surface area contributed by atoms with Gasteiger partial charge in [-0.1, -0.05) is 36.4 Å². The highest BCUT2D eigenvalue weighted by Gasteiger charge is 2.22. The van der Waals surface area contributed by atoms with Crippen molar-refractivity contribution in [2.75, 3.05) is 14.2 Å². The van der Waals surface area contributed by atoms with Gasteiger partial charge in [0.25, 0.3) is 0 Å². The zero-order valence-electron chi connectivity index (χ0n) is 12.2. The van der Waals surface area contributed by atoms with Crippen LogP contribution >= 0.6 is 0 Å². The van der Waals surface area contributed by atoms with Crippen molar-refractivity contribution in [2.45, 2.75) is 19.1 Å². The van der Waals surface area contributed by atoms with Crippen molar-refractivity contribution < 1.29 is 9.47 Å². The molecule has 2 rings (SSSR count). The van der Waals surface area contributed by atoms with Crippen LogP contribution in [0, 0.1) is 6.92 Å². The van der Waals surface area contributed by atoms with Gasteiger partial charge in [-0.15, -0.1) is 0 Å². The lowest BCUT2D eigenvalue weighted by Gasteiger charge is -2.25. The molecule has 0 radical (unpaired) electrons. The average Bonchev–Trinajstić information content (AvgIpc) is 2.48. The van der Waals surface area contributed by atoms with E-state index in [9.17, 15) is 0 Å². The van der Waals surface area contributed by atoms with Crippen molar-refractivity contribution in [3.05, 3.63) is 65.2 Å². The maximum absolute atomic E-state index is 6.41. The highest BCUT2D eigenvalue weighted by Crippen LogP contribution is 2.32. The number of benzene rings is 2. The summed E-state index contributed by atoms with van der Waals surface area (Å²) in [6.07, 6.45) is -0.164. The smallest absolute Gasteiger partial charge is 0.119 e. The number of nitrogens with two attached hydrogens (primary N) is 1. The third kappa shape index (κ3) is 3.00. The maximum atomic E-state index is 6.41. The number of rotatable bonds is 5. The number of hydrogen-bond acceptors (Lipinski definition) is 3. The molecule has 0 fully saturated rings. The molecular formula is C17H21NO2. The standard InChI is InChI=1S/C17H21NO2/c1-12-11-14(19-2)9-10-15(12)16(18)17(20-3)13-7-5-4-6-8-13/h4-11,16-17H,18H2,1-3H3. The van der Waals surface area contributed by atoms with E-state index in [-0.39, 0.29) is 12.1 Å². The molecule has 0 aliphatic heterocycles. The highest BCUT2D eigenvalue weighted by molar-refractivity contribution is 5.38. The molecule has 20 heavy (non-hydrogen) atoms. The van der Waals surface area contributed by atoms with Crippen LogP contribution in [0.3, 0.4) is 0 Å². The SMILES string of the molecule is COc1ccc(C(N)C(OC)c2ccccc2)c(C)c1. The predicted octanol–water partition coefficient (Wildman–Crippen LogP) is 3.39. The summed E-state index contributed by atoms with van der Waals surface area (Å²) in [5.74, 6) is 0.840. The van der Waals surface area contributed by atoms with Gasteiger partial charge in [-0.3, -0.25) is 0 Å². The molecule has 2 aromatic carbocycles. The summed E-state index contributed by atoms with van der Waals surface area (Å²) in [6, 6.07) is 15.8. The van der Waals surface area contributed by atoms with E-state index in [1.165, 1.54) is 0 Å².